The first-order chi connectivity index (χ1) is 20.4. The summed E-state index contributed by atoms with van der Waals surface area (Å²) in [5, 5.41) is 0. The Hall–Kier alpha value is -5.36. The summed E-state index contributed by atoms with van der Waals surface area (Å²) in [6.45, 7) is 1.05. The van der Waals surface area contributed by atoms with Gasteiger partial charge in [-0.1, -0.05) is 0 Å². The van der Waals surface area contributed by atoms with E-state index in [-0.39, 0.29) is 29.1 Å². The maximum atomic E-state index is 13.2. The summed E-state index contributed by atoms with van der Waals surface area (Å²) >= 11 is 0. The first-order valence-corrected chi connectivity index (χ1v) is 12.9. The standard InChI is InChI=1S/C30H25N4O8/c1-19(35)23-9-5-13-34(17-23)27-26(42-30(38)22-8-4-12-33-16-22)25(41-29(37)21-7-3-11-32-15-21)24(40-27)18-39-28(36)20-6-2-10-31-14-20/h2-17,24-27H,18H2,1H3/q+1/t24-,25-,26-,27-/m1/s1. The Bertz CT molecular complexity index is 1570. The fourth-order valence-electron chi connectivity index (χ4n) is 4.28. The molecule has 1 aliphatic rings. The van der Waals surface area contributed by atoms with Crippen molar-refractivity contribution in [2.24, 2.45) is 0 Å². The summed E-state index contributed by atoms with van der Waals surface area (Å²) < 4.78 is 25.0. The number of esters is 3. The lowest BCUT2D eigenvalue weighted by molar-refractivity contribution is -0.765. The largest absolute Gasteiger partial charge is 0.459 e. The number of ketones is 1. The third kappa shape index (κ3) is 6.50. The Labute approximate surface area is 239 Å². The zero-order valence-electron chi connectivity index (χ0n) is 22.3. The number of rotatable bonds is 9. The molecule has 0 aromatic carbocycles. The Morgan fingerprint density at radius 2 is 1.26 bits per heavy atom. The summed E-state index contributed by atoms with van der Waals surface area (Å²) in [6.07, 6.45) is 7.07. The fourth-order valence-corrected chi connectivity index (χ4v) is 4.28. The van der Waals surface area contributed by atoms with E-state index in [2.05, 4.69) is 15.0 Å². The molecule has 212 valence electrons. The van der Waals surface area contributed by atoms with Gasteiger partial charge in [-0.3, -0.25) is 19.7 Å². The van der Waals surface area contributed by atoms with E-state index in [1.165, 1.54) is 73.1 Å². The Balaban J connectivity index is 1.49. The molecule has 12 nitrogen and oxygen atoms in total. The van der Waals surface area contributed by atoms with Crippen LogP contribution in [0, 0.1) is 0 Å². The molecule has 1 aliphatic heterocycles. The van der Waals surface area contributed by atoms with Crippen LogP contribution in [0.2, 0.25) is 0 Å². The Kier molecular flexibility index (Phi) is 8.64. The van der Waals surface area contributed by atoms with Crippen LogP contribution in [-0.2, 0) is 18.9 Å². The highest BCUT2D eigenvalue weighted by Crippen LogP contribution is 2.32. The third-order valence-corrected chi connectivity index (χ3v) is 6.36. The molecule has 1 saturated heterocycles. The number of aromatic nitrogens is 4. The van der Waals surface area contributed by atoms with Gasteiger partial charge < -0.3 is 18.9 Å². The number of ether oxygens (including phenoxy) is 4. The smallest absolute Gasteiger partial charge is 0.340 e. The molecule has 5 heterocycles. The molecule has 0 spiro atoms. The van der Waals surface area contributed by atoms with Crippen molar-refractivity contribution < 1.29 is 42.7 Å². The zero-order valence-corrected chi connectivity index (χ0v) is 22.3. The van der Waals surface area contributed by atoms with Crippen molar-refractivity contribution in [2.75, 3.05) is 6.61 Å². The van der Waals surface area contributed by atoms with Crippen LogP contribution in [0.25, 0.3) is 0 Å². The van der Waals surface area contributed by atoms with Gasteiger partial charge in [0, 0.05) is 43.2 Å². The molecule has 4 atom stereocenters. The first-order valence-electron chi connectivity index (χ1n) is 12.9. The number of pyridine rings is 4. The molecule has 42 heavy (non-hydrogen) atoms. The molecule has 0 amide bonds. The lowest BCUT2D eigenvalue weighted by atomic mass is 10.1. The molecule has 0 aliphatic carbocycles. The maximum absolute atomic E-state index is 13.2. The van der Waals surface area contributed by atoms with E-state index >= 15 is 0 Å². The van der Waals surface area contributed by atoms with Crippen LogP contribution in [-0.4, -0.2) is 63.6 Å². The lowest BCUT2D eigenvalue weighted by Gasteiger charge is -2.22. The minimum absolute atomic E-state index is 0.149. The van der Waals surface area contributed by atoms with Crippen molar-refractivity contribution in [3.05, 3.63) is 120 Å². The number of hydrogen-bond donors (Lipinski definition) is 0. The number of Topliss-reactive ketones (excluding diaryl/α,β-unsaturated/α-hetero) is 1. The summed E-state index contributed by atoms with van der Waals surface area (Å²) in [7, 11) is 0. The molecule has 4 aromatic heterocycles. The molecule has 5 rings (SSSR count). The molecule has 0 radical (unpaired) electrons. The topological polar surface area (TPSA) is 148 Å². The second-order valence-corrected chi connectivity index (χ2v) is 9.22. The van der Waals surface area contributed by atoms with E-state index < -0.39 is 42.4 Å². The monoisotopic (exact) mass is 569 g/mol. The van der Waals surface area contributed by atoms with E-state index in [4.69, 9.17) is 18.9 Å². The van der Waals surface area contributed by atoms with E-state index in [9.17, 15) is 19.2 Å². The van der Waals surface area contributed by atoms with Gasteiger partial charge in [0.15, 0.2) is 24.3 Å². The third-order valence-electron chi connectivity index (χ3n) is 6.36. The normalized spacial score (nSPS) is 19.5. The van der Waals surface area contributed by atoms with Crippen molar-refractivity contribution in [1.82, 2.24) is 15.0 Å². The molecule has 0 unspecified atom stereocenters. The van der Waals surface area contributed by atoms with Crippen LogP contribution in [0.5, 0.6) is 0 Å². The van der Waals surface area contributed by atoms with Gasteiger partial charge in [-0.05, 0) is 49.4 Å². The quantitative estimate of drug-likeness (QED) is 0.127. The summed E-state index contributed by atoms with van der Waals surface area (Å²) in [4.78, 5) is 63.0. The van der Waals surface area contributed by atoms with Gasteiger partial charge in [0.1, 0.15) is 12.7 Å². The molecule has 1 fully saturated rings. The summed E-state index contributed by atoms with van der Waals surface area (Å²) in [5.74, 6) is -2.39. The molecule has 0 bridgehead atoms. The summed E-state index contributed by atoms with van der Waals surface area (Å²) in [5.41, 5.74) is 0.881. The number of nitrogens with zero attached hydrogens (tertiary/aromatic N) is 4. The molecule has 0 saturated carbocycles. The second kappa shape index (κ2) is 12.9. The van der Waals surface area contributed by atoms with Crippen LogP contribution in [0.1, 0.15) is 54.6 Å². The molecular weight excluding hydrogens is 544 g/mol. The predicted octanol–water partition coefficient (Wildman–Crippen LogP) is 2.57. The second-order valence-electron chi connectivity index (χ2n) is 9.22. The van der Waals surface area contributed by atoms with Crippen molar-refractivity contribution in [3.8, 4) is 0 Å². The van der Waals surface area contributed by atoms with Gasteiger partial charge in [0.2, 0.25) is 6.10 Å². The van der Waals surface area contributed by atoms with Gasteiger partial charge >= 0.3 is 24.1 Å². The van der Waals surface area contributed by atoms with Gasteiger partial charge in [-0.15, -0.1) is 0 Å². The highest BCUT2D eigenvalue weighted by atomic mass is 16.7. The summed E-state index contributed by atoms with van der Waals surface area (Å²) in [6, 6.07) is 12.6. The van der Waals surface area contributed by atoms with Crippen molar-refractivity contribution in [2.45, 2.75) is 31.5 Å². The SMILES string of the molecule is CC(=O)c1ccc[n+]([C@@H]2O[C@H](COC(=O)c3cccnc3)[C@@H](OC(=O)c3cccnc3)[C@H]2OC(=O)c2cccnc2)c1. The zero-order chi connectivity index (χ0) is 29.5. The predicted molar refractivity (Wildman–Crippen MR) is 142 cm³/mol. The Morgan fingerprint density at radius 1 is 0.738 bits per heavy atom. The van der Waals surface area contributed by atoms with E-state index in [1.54, 1.807) is 36.5 Å². The fraction of sp³-hybridized carbons (Fsp3) is 0.200. The highest BCUT2D eigenvalue weighted by molar-refractivity contribution is 5.93. The van der Waals surface area contributed by atoms with Crippen molar-refractivity contribution in [1.29, 1.82) is 0 Å². The number of hydrogen-bond acceptors (Lipinski definition) is 11. The minimum Gasteiger partial charge on any atom is -0.459 e. The lowest BCUT2D eigenvalue weighted by Crippen LogP contribution is -2.49. The average molecular weight is 570 g/mol. The minimum atomic E-state index is -1.24. The van der Waals surface area contributed by atoms with Crippen LogP contribution in [0.3, 0.4) is 0 Å². The molecular formula is C30H25N4O8+. The average Bonchev–Trinajstić information content (AvgIpc) is 3.37. The van der Waals surface area contributed by atoms with Crippen molar-refractivity contribution >= 4 is 23.7 Å². The molecule has 4 aromatic rings. The maximum Gasteiger partial charge on any atom is 0.340 e. The van der Waals surface area contributed by atoms with E-state index in [1.807, 2.05) is 0 Å². The van der Waals surface area contributed by atoms with Gasteiger partial charge in [-0.25, -0.2) is 14.4 Å². The van der Waals surface area contributed by atoms with E-state index in [0.29, 0.717) is 5.56 Å². The van der Waals surface area contributed by atoms with Gasteiger partial charge in [-0.2, -0.15) is 4.57 Å². The van der Waals surface area contributed by atoms with Crippen LogP contribution >= 0.6 is 0 Å². The molecule has 12 heteroatoms. The van der Waals surface area contributed by atoms with Gasteiger partial charge in [0.05, 0.1) is 22.3 Å². The Morgan fingerprint density at radius 3 is 1.79 bits per heavy atom. The number of carbonyl (C=O) groups is 4. The van der Waals surface area contributed by atoms with Crippen LogP contribution < -0.4 is 4.57 Å². The first kappa shape index (κ1) is 28.2. The van der Waals surface area contributed by atoms with Crippen LogP contribution in [0.4, 0.5) is 0 Å². The highest BCUT2D eigenvalue weighted by Gasteiger charge is 2.55. The van der Waals surface area contributed by atoms with Crippen LogP contribution in [0.15, 0.2) is 98.1 Å². The van der Waals surface area contributed by atoms with Crippen molar-refractivity contribution in [3.63, 3.8) is 0 Å². The van der Waals surface area contributed by atoms with Gasteiger partial charge in [0.25, 0.3) is 0 Å². The number of carbonyl (C=O) groups excluding carboxylic acids is 4. The van der Waals surface area contributed by atoms with E-state index in [0.717, 1.165) is 0 Å². The molecule has 0 N–H and O–H groups in total.